The summed E-state index contributed by atoms with van der Waals surface area (Å²) in [7, 11) is 2.89. The quantitative estimate of drug-likeness (QED) is 0.406. The minimum absolute atomic E-state index is 0.0162. The SMILES string of the molecule is COc1cc(OC)nc(Oc2ccccc2C=NNc2ncc(C(F)(F)F)cc2Cl)n1. The van der Waals surface area contributed by atoms with Crippen LogP contribution in [0.4, 0.5) is 19.0 Å². The van der Waals surface area contributed by atoms with Gasteiger partial charge in [-0.25, -0.2) is 4.98 Å². The Morgan fingerprint density at radius 2 is 1.74 bits per heavy atom. The second kappa shape index (κ2) is 9.47. The van der Waals surface area contributed by atoms with Crippen molar-refractivity contribution in [2.75, 3.05) is 19.6 Å². The van der Waals surface area contributed by atoms with Gasteiger partial charge in [0, 0.05) is 11.8 Å². The summed E-state index contributed by atoms with van der Waals surface area (Å²) in [5.41, 5.74) is 2.06. The number of ether oxygens (including phenoxy) is 3. The molecule has 1 aromatic carbocycles. The van der Waals surface area contributed by atoms with Crippen molar-refractivity contribution < 1.29 is 27.4 Å². The molecule has 0 radical (unpaired) electrons. The third kappa shape index (κ3) is 5.72. The van der Waals surface area contributed by atoms with Gasteiger partial charge in [-0.3, -0.25) is 5.43 Å². The fraction of sp³-hybridized carbons (Fsp3) is 0.158. The molecule has 31 heavy (non-hydrogen) atoms. The number of pyridine rings is 1. The van der Waals surface area contributed by atoms with Crippen molar-refractivity contribution in [3.63, 3.8) is 0 Å². The molecule has 0 atom stereocenters. The molecule has 0 bridgehead atoms. The van der Waals surface area contributed by atoms with Crippen molar-refractivity contribution in [3.8, 4) is 23.5 Å². The van der Waals surface area contributed by atoms with Gasteiger partial charge in [-0.1, -0.05) is 23.7 Å². The van der Waals surface area contributed by atoms with Gasteiger partial charge >= 0.3 is 12.2 Å². The standard InChI is InChI=1S/C19H15ClF3N5O3/c1-29-15-8-16(30-2)27-18(26-15)31-14-6-4-3-5-11(14)9-25-28-17-13(20)7-12(10-24-17)19(21,22)23/h3-10H,1-2H3,(H,24,28). The zero-order valence-corrected chi connectivity index (χ0v) is 16.9. The smallest absolute Gasteiger partial charge is 0.417 e. The molecule has 0 aliphatic rings. The van der Waals surface area contributed by atoms with Crippen LogP contribution in [0, 0.1) is 0 Å². The number of halogens is 4. The van der Waals surface area contributed by atoms with Gasteiger partial charge in [0.05, 0.1) is 37.1 Å². The Bertz CT molecular complexity index is 1070. The highest BCUT2D eigenvalue weighted by atomic mass is 35.5. The number of alkyl halides is 3. The fourth-order valence-electron chi connectivity index (χ4n) is 2.26. The van der Waals surface area contributed by atoms with E-state index in [4.69, 9.17) is 25.8 Å². The van der Waals surface area contributed by atoms with E-state index in [1.165, 1.54) is 26.5 Å². The van der Waals surface area contributed by atoms with E-state index < -0.39 is 11.7 Å². The molecular formula is C19H15ClF3N5O3. The zero-order chi connectivity index (χ0) is 22.4. The lowest BCUT2D eigenvalue weighted by atomic mass is 10.2. The van der Waals surface area contributed by atoms with E-state index in [1.807, 2.05) is 0 Å². The topological polar surface area (TPSA) is 90.8 Å². The van der Waals surface area contributed by atoms with Crippen LogP contribution >= 0.6 is 11.6 Å². The first kappa shape index (κ1) is 22.1. The average molecular weight is 454 g/mol. The molecule has 8 nitrogen and oxygen atoms in total. The maximum Gasteiger partial charge on any atom is 0.417 e. The molecule has 2 aromatic heterocycles. The van der Waals surface area contributed by atoms with Crippen LogP contribution in [0.5, 0.6) is 23.5 Å². The maximum atomic E-state index is 12.7. The monoisotopic (exact) mass is 453 g/mol. The van der Waals surface area contributed by atoms with E-state index >= 15 is 0 Å². The molecule has 0 fully saturated rings. The van der Waals surface area contributed by atoms with Crippen LogP contribution in [-0.2, 0) is 6.18 Å². The second-order valence-electron chi connectivity index (χ2n) is 5.80. The summed E-state index contributed by atoms with van der Waals surface area (Å²) in [6, 6.07) is 9.05. The molecule has 2 heterocycles. The van der Waals surface area contributed by atoms with Crippen LogP contribution < -0.4 is 19.6 Å². The first-order valence-corrected chi connectivity index (χ1v) is 8.93. The minimum Gasteiger partial charge on any atom is -0.481 e. The largest absolute Gasteiger partial charge is 0.481 e. The second-order valence-corrected chi connectivity index (χ2v) is 6.20. The highest BCUT2D eigenvalue weighted by Crippen LogP contribution is 2.32. The van der Waals surface area contributed by atoms with Crippen LogP contribution in [0.1, 0.15) is 11.1 Å². The number of benzene rings is 1. The summed E-state index contributed by atoms with van der Waals surface area (Å²) < 4.78 is 54.0. The summed E-state index contributed by atoms with van der Waals surface area (Å²) in [6.07, 6.45) is -2.50. The molecule has 3 rings (SSSR count). The van der Waals surface area contributed by atoms with Gasteiger partial charge in [0.25, 0.3) is 0 Å². The number of rotatable bonds is 7. The maximum absolute atomic E-state index is 12.7. The van der Waals surface area contributed by atoms with E-state index in [-0.39, 0.29) is 28.6 Å². The van der Waals surface area contributed by atoms with Gasteiger partial charge in [0.15, 0.2) is 5.82 Å². The molecule has 0 saturated carbocycles. The fourth-order valence-corrected chi connectivity index (χ4v) is 2.46. The lowest BCUT2D eigenvalue weighted by molar-refractivity contribution is -0.137. The lowest BCUT2D eigenvalue weighted by Crippen LogP contribution is -2.06. The lowest BCUT2D eigenvalue weighted by Gasteiger charge is -2.10. The van der Waals surface area contributed by atoms with Gasteiger partial charge in [-0.2, -0.15) is 28.2 Å². The van der Waals surface area contributed by atoms with Crippen molar-refractivity contribution in [1.82, 2.24) is 15.0 Å². The minimum atomic E-state index is -4.54. The summed E-state index contributed by atoms with van der Waals surface area (Å²) in [4.78, 5) is 11.8. The Morgan fingerprint density at radius 1 is 1.06 bits per heavy atom. The number of anilines is 1. The summed E-state index contributed by atoms with van der Waals surface area (Å²) in [5.74, 6) is 0.815. The molecule has 12 heteroatoms. The number of hydrazone groups is 1. The zero-order valence-electron chi connectivity index (χ0n) is 16.1. The van der Waals surface area contributed by atoms with Gasteiger partial charge in [0.2, 0.25) is 11.8 Å². The summed E-state index contributed by atoms with van der Waals surface area (Å²) in [5, 5.41) is 3.73. The number of nitrogens with zero attached hydrogens (tertiary/aromatic N) is 4. The summed E-state index contributed by atoms with van der Waals surface area (Å²) in [6.45, 7) is 0. The van der Waals surface area contributed by atoms with E-state index in [9.17, 15) is 13.2 Å². The predicted molar refractivity (Wildman–Crippen MR) is 107 cm³/mol. The number of hydrogen-bond acceptors (Lipinski definition) is 8. The van der Waals surface area contributed by atoms with E-state index in [1.54, 1.807) is 24.3 Å². The Kier molecular flexibility index (Phi) is 6.75. The van der Waals surface area contributed by atoms with E-state index in [0.29, 0.717) is 17.5 Å². The van der Waals surface area contributed by atoms with Crippen molar-refractivity contribution in [1.29, 1.82) is 0 Å². The molecule has 0 aliphatic carbocycles. The Balaban J connectivity index is 1.78. The molecule has 162 valence electrons. The van der Waals surface area contributed by atoms with Gasteiger partial charge in [-0.05, 0) is 18.2 Å². The molecule has 3 aromatic rings. The van der Waals surface area contributed by atoms with Crippen LogP contribution in [0.15, 0.2) is 47.7 Å². The Hall–Kier alpha value is -3.60. The van der Waals surface area contributed by atoms with Crippen molar-refractivity contribution in [2.45, 2.75) is 6.18 Å². The number of aromatic nitrogens is 3. The average Bonchev–Trinajstić information content (AvgIpc) is 2.75. The van der Waals surface area contributed by atoms with Crippen LogP contribution in [0.25, 0.3) is 0 Å². The van der Waals surface area contributed by atoms with Crippen LogP contribution in [-0.4, -0.2) is 35.4 Å². The van der Waals surface area contributed by atoms with Crippen LogP contribution in [0.3, 0.4) is 0 Å². The molecule has 0 saturated heterocycles. The molecular weight excluding hydrogens is 439 g/mol. The van der Waals surface area contributed by atoms with Gasteiger partial charge < -0.3 is 14.2 Å². The first-order valence-electron chi connectivity index (χ1n) is 8.56. The number of hydrogen-bond donors (Lipinski definition) is 1. The highest BCUT2D eigenvalue weighted by molar-refractivity contribution is 6.32. The molecule has 1 N–H and O–H groups in total. The highest BCUT2D eigenvalue weighted by Gasteiger charge is 2.31. The predicted octanol–water partition coefficient (Wildman–Crippen LogP) is 4.80. The van der Waals surface area contributed by atoms with Gasteiger partial charge in [-0.15, -0.1) is 0 Å². The van der Waals surface area contributed by atoms with Crippen molar-refractivity contribution in [3.05, 3.63) is 58.7 Å². The Morgan fingerprint density at radius 3 is 2.35 bits per heavy atom. The molecule has 0 aliphatic heterocycles. The third-order valence-electron chi connectivity index (χ3n) is 3.74. The molecule has 0 spiro atoms. The third-order valence-corrected chi connectivity index (χ3v) is 4.03. The molecule has 0 unspecified atom stereocenters. The normalized spacial score (nSPS) is 11.4. The number of methoxy groups -OCH3 is 2. The van der Waals surface area contributed by atoms with Crippen LogP contribution in [0.2, 0.25) is 5.02 Å². The molecule has 0 amide bonds. The first-order chi connectivity index (χ1) is 14.8. The van der Waals surface area contributed by atoms with E-state index in [0.717, 1.165) is 6.07 Å². The number of nitrogens with one attached hydrogen (secondary N) is 1. The van der Waals surface area contributed by atoms with Gasteiger partial charge in [0.1, 0.15) is 5.75 Å². The number of para-hydroxylation sites is 1. The van der Waals surface area contributed by atoms with E-state index in [2.05, 4.69) is 25.5 Å². The Labute approximate surface area is 179 Å². The summed E-state index contributed by atoms with van der Waals surface area (Å²) >= 11 is 5.85. The van der Waals surface area contributed by atoms with Crippen molar-refractivity contribution in [2.24, 2.45) is 5.10 Å². The van der Waals surface area contributed by atoms with Crippen molar-refractivity contribution >= 4 is 23.6 Å².